The Morgan fingerprint density at radius 2 is 2.24 bits per heavy atom. The molecule has 0 bridgehead atoms. The molecule has 1 heterocycles. The number of anilines is 1. The number of nitrogens with zero attached hydrogens (tertiary/aromatic N) is 3. The summed E-state index contributed by atoms with van der Waals surface area (Å²) in [5.74, 6) is 0.0576. The number of carbonyl (C=O) groups is 1. The summed E-state index contributed by atoms with van der Waals surface area (Å²) in [5.41, 5.74) is 7.04. The van der Waals surface area contributed by atoms with Gasteiger partial charge >= 0.3 is 5.97 Å². The van der Waals surface area contributed by atoms with Gasteiger partial charge in [-0.15, -0.1) is 21.6 Å². The van der Waals surface area contributed by atoms with E-state index in [2.05, 4.69) is 15.2 Å². The molecule has 1 aromatic carbocycles. The lowest BCUT2D eigenvalue weighted by Crippen LogP contribution is -2.04. The van der Waals surface area contributed by atoms with Crippen molar-refractivity contribution in [1.29, 1.82) is 0 Å². The van der Waals surface area contributed by atoms with Gasteiger partial charge < -0.3 is 15.2 Å². The van der Waals surface area contributed by atoms with E-state index >= 15 is 0 Å². The number of esters is 1. The van der Waals surface area contributed by atoms with Crippen molar-refractivity contribution < 1.29 is 14.3 Å². The first kappa shape index (κ1) is 14.9. The lowest BCUT2D eigenvalue weighted by atomic mass is 10.2. The molecule has 0 aliphatic carbocycles. The molecule has 0 spiro atoms. The molecule has 0 aliphatic heterocycles. The van der Waals surface area contributed by atoms with Gasteiger partial charge in [0, 0.05) is 11.4 Å². The lowest BCUT2D eigenvalue weighted by Gasteiger charge is -2.03. The summed E-state index contributed by atoms with van der Waals surface area (Å²) in [7, 11) is 1.53. The molecule has 7 nitrogen and oxygen atoms in total. The van der Waals surface area contributed by atoms with E-state index in [1.165, 1.54) is 18.4 Å². The zero-order valence-corrected chi connectivity index (χ0v) is 12.4. The summed E-state index contributed by atoms with van der Waals surface area (Å²) in [4.78, 5) is 15.5. The summed E-state index contributed by atoms with van der Waals surface area (Å²) in [6.45, 7) is 2.04. The minimum atomic E-state index is -0.468. The van der Waals surface area contributed by atoms with Crippen LogP contribution in [-0.4, -0.2) is 24.7 Å². The Balaban J connectivity index is 2.12. The van der Waals surface area contributed by atoms with Crippen LogP contribution in [0.2, 0.25) is 0 Å². The van der Waals surface area contributed by atoms with Gasteiger partial charge in [0.05, 0.1) is 25.1 Å². The van der Waals surface area contributed by atoms with Crippen molar-refractivity contribution in [2.24, 2.45) is 10.2 Å². The minimum absolute atomic E-state index is 0.227. The Bertz CT molecular complexity index is 669. The maximum absolute atomic E-state index is 11.5. The maximum Gasteiger partial charge on any atom is 0.357 e. The first-order valence-electron chi connectivity index (χ1n) is 6.12. The van der Waals surface area contributed by atoms with Crippen molar-refractivity contribution in [1.82, 2.24) is 4.98 Å². The van der Waals surface area contributed by atoms with Crippen LogP contribution < -0.4 is 10.5 Å². The van der Waals surface area contributed by atoms with Crippen LogP contribution in [0.4, 0.5) is 16.5 Å². The normalized spacial score (nSPS) is 10.8. The fraction of sp³-hybridized carbons (Fsp3) is 0.231. The molecule has 1 aromatic heterocycles. The van der Waals surface area contributed by atoms with Crippen LogP contribution in [0.15, 0.2) is 33.8 Å². The van der Waals surface area contributed by atoms with Crippen LogP contribution in [-0.2, 0) is 4.74 Å². The van der Waals surface area contributed by atoms with Crippen LogP contribution >= 0.6 is 11.3 Å². The minimum Gasteiger partial charge on any atom is -0.495 e. The Morgan fingerprint density at radius 1 is 1.43 bits per heavy atom. The van der Waals surface area contributed by atoms with Gasteiger partial charge in [0.15, 0.2) is 5.69 Å². The lowest BCUT2D eigenvalue weighted by molar-refractivity contribution is 0.0520. The Morgan fingerprint density at radius 3 is 2.95 bits per heavy atom. The number of benzene rings is 1. The third kappa shape index (κ3) is 3.76. The number of aromatic nitrogens is 1. The van der Waals surface area contributed by atoms with Gasteiger partial charge in [-0.3, -0.25) is 0 Å². The van der Waals surface area contributed by atoms with E-state index < -0.39 is 5.97 Å². The predicted molar refractivity (Wildman–Crippen MR) is 79.7 cm³/mol. The number of carbonyl (C=O) groups excluding carboxylic acids is 1. The second-order valence-corrected chi connectivity index (χ2v) is 4.70. The number of azo groups is 1. The molecule has 0 saturated heterocycles. The summed E-state index contributed by atoms with van der Waals surface area (Å²) in [6.07, 6.45) is 0. The van der Waals surface area contributed by atoms with Gasteiger partial charge in [0.25, 0.3) is 0 Å². The van der Waals surface area contributed by atoms with Gasteiger partial charge in [-0.2, -0.15) is 0 Å². The number of methoxy groups -OCH3 is 1. The molecule has 2 aromatic rings. The number of nitrogen functional groups attached to an aromatic ring is 1. The molecule has 0 saturated carbocycles. The maximum atomic E-state index is 11.5. The first-order valence-corrected chi connectivity index (χ1v) is 7.00. The molecular weight excluding hydrogens is 292 g/mol. The third-order valence-electron chi connectivity index (χ3n) is 2.44. The Labute approximate surface area is 125 Å². The van der Waals surface area contributed by atoms with Crippen molar-refractivity contribution in [2.75, 3.05) is 19.5 Å². The Hall–Kier alpha value is -2.48. The summed E-state index contributed by atoms with van der Waals surface area (Å²) < 4.78 is 9.95. The highest BCUT2D eigenvalue weighted by Gasteiger charge is 2.11. The van der Waals surface area contributed by atoms with E-state index in [-0.39, 0.29) is 5.69 Å². The van der Waals surface area contributed by atoms with E-state index in [9.17, 15) is 4.79 Å². The first-order chi connectivity index (χ1) is 10.1. The van der Waals surface area contributed by atoms with Crippen molar-refractivity contribution in [3.05, 3.63) is 29.3 Å². The predicted octanol–water partition coefficient (Wildman–Crippen LogP) is 3.33. The summed E-state index contributed by atoms with van der Waals surface area (Å²) in [6, 6.07) is 5.05. The van der Waals surface area contributed by atoms with Crippen LogP contribution in [0, 0.1) is 0 Å². The van der Waals surface area contributed by atoms with Gasteiger partial charge in [0.1, 0.15) is 5.75 Å². The third-order valence-corrected chi connectivity index (χ3v) is 3.17. The molecule has 0 atom stereocenters. The molecule has 2 rings (SSSR count). The van der Waals surface area contributed by atoms with Crippen LogP contribution in [0.5, 0.6) is 5.75 Å². The van der Waals surface area contributed by atoms with Crippen molar-refractivity contribution in [3.63, 3.8) is 0 Å². The van der Waals surface area contributed by atoms with Crippen LogP contribution in [0.3, 0.4) is 0 Å². The van der Waals surface area contributed by atoms with Crippen LogP contribution in [0.1, 0.15) is 17.4 Å². The molecule has 0 unspecified atom stereocenters. The average molecular weight is 306 g/mol. The monoisotopic (exact) mass is 306 g/mol. The zero-order chi connectivity index (χ0) is 15.2. The van der Waals surface area contributed by atoms with E-state index in [0.717, 1.165) is 0 Å². The molecule has 0 fully saturated rings. The molecule has 21 heavy (non-hydrogen) atoms. The summed E-state index contributed by atoms with van der Waals surface area (Å²) >= 11 is 1.21. The smallest absolute Gasteiger partial charge is 0.357 e. The highest BCUT2D eigenvalue weighted by molar-refractivity contribution is 7.13. The zero-order valence-electron chi connectivity index (χ0n) is 11.6. The fourth-order valence-corrected chi connectivity index (χ4v) is 2.08. The fourth-order valence-electron chi connectivity index (χ4n) is 1.47. The van der Waals surface area contributed by atoms with Crippen molar-refractivity contribution in [3.8, 4) is 5.75 Å². The number of ether oxygens (including phenoxy) is 2. The van der Waals surface area contributed by atoms with E-state index in [1.807, 2.05) is 0 Å². The molecule has 0 aliphatic rings. The largest absolute Gasteiger partial charge is 0.495 e. The van der Waals surface area contributed by atoms with E-state index in [4.69, 9.17) is 15.2 Å². The molecule has 0 amide bonds. The highest BCUT2D eigenvalue weighted by atomic mass is 32.1. The number of hydrogen-bond donors (Lipinski definition) is 1. The van der Waals surface area contributed by atoms with Gasteiger partial charge in [-0.1, -0.05) is 0 Å². The quantitative estimate of drug-likeness (QED) is 0.519. The second kappa shape index (κ2) is 6.80. The number of hydrogen-bond acceptors (Lipinski definition) is 8. The highest BCUT2D eigenvalue weighted by Crippen LogP contribution is 2.28. The summed E-state index contributed by atoms with van der Waals surface area (Å²) in [5, 5.41) is 9.95. The standard InChI is InChI=1S/C13H14N4O3S/c1-3-20-12(18)10-7-21-13(15-10)17-16-8-4-5-9(14)11(6-8)19-2/h4-7H,3,14H2,1-2H3/b17-16+. The molecular formula is C13H14N4O3S. The van der Waals surface area contributed by atoms with Crippen LogP contribution in [0.25, 0.3) is 0 Å². The number of nitrogens with two attached hydrogens (primary N) is 1. The van der Waals surface area contributed by atoms with Gasteiger partial charge in [-0.05, 0) is 19.1 Å². The van der Waals surface area contributed by atoms with Gasteiger partial charge in [-0.25, -0.2) is 9.78 Å². The van der Waals surface area contributed by atoms with Crippen molar-refractivity contribution >= 4 is 33.8 Å². The molecule has 0 radical (unpaired) electrons. The molecule has 2 N–H and O–H groups in total. The molecule has 110 valence electrons. The number of thiazole rings is 1. The topological polar surface area (TPSA) is 99.2 Å². The molecule has 8 heteroatoms. The Kier molecular flexibility index (Phi) is 4.83. The van der Waals surface area contributed by atoms with Crippen molar-refractivity contribution in [2.45, 2.75) is 6.92 Å². The SMILES string of the molecule is CCOC(=O)c1csc(/N=N/c2ccc(N)c(OC)c2)n1. The van der Waals surface area contributed by atoms with Gasteiger partial charge in [0.2, 0.25) is 5.13 Å². The second-order valence-electron chi connectivity index (χ2n) is 3.86. The van der Waals surface area contributed by atoms with E-state index in [1.54, 1.807) is 30.5 Å². The average Bonchev–Trinajstić information content (AvgIpc) is 2.95. The number of rotatable bonds is 5. The van der Waals surface area contributed by atoms with E-state index in [0.29, 0.717) is 28.9 Å².